The minimum Gasteiger partial charge on any atom is -0.356 e. The van der Waals surface area contributed by atoms with Gasteiger partial charge in [0.2, 0.25) is 0 Å². The van der Waals surface area contributed by atoms with E-state index in [1.54, 1.807) is 7.11 Å². The van der Waals surface area contributed by atoms with Gasteiger partial charge in [-0.15, -0.1) is 0 Å². The fourth-order valence-corrected chi connectivity index (χ4v) is 7.60. The van der Waals surface area contributed by atoms with Crippen LogP contribution >= 0.6 is 22.6 Å². The van der Waals surface area contributed by atoms with Gasteiger partial charge in [0.15, 0.2) is 12.1 Å². The summed E-state index contributed by atoms with van der Waals surface area (Å²) in [5.74, 6) is 1.76. The number of allylic oxidation sites excluding steroid dienone is 1. The third-order valence-electron chi connectivity index (χ3n) is 6.62. The number of rotatable bonds is 3. The Hall–Kier alpha value is 0.277. The van der Waals surface area contributed by atoms with Crippen LogP contribution in [0.15, 0.2) is 8.78 Å². The van der Waals surface area contributed by atoms with Gasteiger partial charge >= 0.3 is 0 Å². The number of hydrogen-bond donors (Lipinski definition) is 0. The Bertz CT molecular complexity index is 580. The first-order chi connectivity index (χ1) is 11.0. The van der Waals surface area contributed by atoms with Crippen molar-refractivity contribution in [1.29, 1.82) is 0 Å². The molecule has 24 heavy (non-hydrogen) atoms. The zero-order valence-corrected chi connectivity index (χ0v) is 19.1. The van der Waals surface area contributed by atoms with Crippen molar-refractivity contribution in [2.75, 3.05) is 7.11 Å². The molecule has 2 saturated carbocycles. The molecule has 1 saturated heterocycles. The molecular formula is C19H31IO3Si. The summed E-state index contributed by atoms with van der Waals surface area (Å²) in [6.07, 6.45) is 1.65. The van der Waals surface area contributed by atoms with E-state index in [0.717, 1.165) is 12.8 Å². The summed E-state index contributed by atoms with van der Waals surface area (Å²) in [7, 11) is 0.300. The van der Waals surface area contributed by atoms with Gasteiger partial charge in [-0.1, -0.05) is 61.7 Å². The molecule has 3 fully saturated rings. The lowest BCUT2D eigenvalue weighted by atomic mass is 9.57. The zero-order chi connectivity index (χ0) is 18.0. The third-order valence-corrected chi connectivity index (χ3v) is 13.7. The topological polar surface area (TPSA) is 35.5 Å². The zero-order valence-electron chi connectivity index (χ0n) is 16.0. The largest absolute Gasteiger partial charge is 0.356 e. The number of hydrogen-bond acceptors (Lipinski definition) is 3. The molecule has 1 heterocycles. The van der Waals surface area contributed by atoms with Crippen LogP contribution in [0.5, 0.6) is 0 Å². The van der Waals surface area contributed by atoms with Crippen molar-refractivity contribution in [3.05, 3.63) is 8.78 Å². The van der Waals surface area contributed by atoms with Crippen LogP contribution in [0.3, 0.4) is 0 Å². The molecule has 3 nitrogen and oxygen atoms in total. The molecule has 0 spiro atoms. The van der Waals surface area contributed by atoms with Gasteiger partial charge < -0.3 is 9.47 Å². The van der Waals surface area contributed by atoms with E-state index in [0.29, 0.717) is 29.5 Å². The molecule has 0 aromatic carbocycles. The number of carbonyl (C=O) groups excluding carboxylic acids is 1. The van der Waals surface area contributed by atoms with E-state index in [1.165, 1.54) is 8.78 Å². The number of ketones is 1. The Morgan fingerprint density at radius 2 is 2.00 bits per heavy atom. The maximum Gasteiger partial charge on any atom is 0.172 e. The van der Waals surface area contributed by atoms with Gasteiger partial charge in [-0.05, 0) is 34.8 Å². The average molecular weight is 462 g/mol. The Labute approximate surface area is 161 Å². The Balaban J connectivity index is 2.12. The van der Waals surface area contributed by atoms with Gasteiger partial charge in [0.05, 0.1) is 13.5 Å². The molecule has 5 heteroatoms. The van der Waals surface area contributed by atoms with Gasteiger partial charge in [0.25, 0.3) is 0 Å². The van der Waals surface area contributed by atoms with Crippen molar-refractivity contribution in [3.8, 4) is 0 Å². The van der Waals surface area contributed by atoms with Crippen LogP contribution in [0.25, 0.3) is 0 Å². The summed E-state index contributed by atoms with van der Waals surface area (Å²) in [6.45, 7) is 13.8. The SMILES string of the molecule is CO[C@@H]1O[C@H]2C(=O)[C@@]3(C)/C(=C(/I)[Si](C)(C)C)CC[C@H]3[C@@H]1[C@@H]2C(C)C. The molecular weight excluding hydrogens is 431 g/mol. The highest BCUT2D eigenvalue weighted by atomic mass is 127. The second kappa shape index (κ2) is 6.17. The summed E-state index contributed by atoms with van der Waals surface area (Å²) >= 11 is 2.54. The van der Waals surface area contributed by atoms with Crippen LogP contribution < -0.4 is 0 Å². The predicted octanol–water partition coefficient (Wildman–Crippen LogP) is 4.81. The normalized spacial score (nSPS) is 44.2. The molecule has 0 radical (unpaired) electrons. The quantitative estimate of drug-likeness (QED) is 0.446. The lowest BCUT2D eigenvalue weighted by molar-refractivity contribution is -0.151. The lowest BCUT2D eigenvalue weighted by Gasteiger charge is -2.45. The van der Waals surface area contributed by atoms with E-state index in [9.17, 15) is 4.79 Å². The second-order valence-corrected chi connectivity index (χ2v) is 16.4. The summed E-state index contributed by atoms with van der Waals surface area (Å²) < 4.78 is 13.3. The van der Waals surface area contributed by atoms with Crippen LogP contribution in [0, 0.1) is 29.1 Å². The van der Waals surface area contributed by atoms with Crippen molar-refractivity contribution in [2.45, 2.75) is 65.6 Å². The number of fused-ring (bicyclic) bond motifs is 4. The van der Waals surface area contributed by atoms with E-state index in [-0.39, 0.29) is 17.8 Å². The minimum atomic E-state index is -1.42. The van der Waals surface area contributed by atoms with E-state index in [1.807, 2.05) is 0 Å². The van der Waals surface area contributed by atoms with Gasteiger partial charge in [0, 0.05) is 18.9 Å². The van der Waals surface area contributed by atoms with Crippen molar-refractivity contribution < 1.29 is 14.3 Å². The van der Waals surface area contributed by atoms with Crippen LogP contribution in [-0.2, 0) is 14.3 Å². The van der Waals surface area contributed by atoms with E-state index in [2.05, 4.69) is 63.0 Å². The molecule has 136 valence electrons. The van der Waals surface area contributed by atoms with Gasteiger partial charge in [-0.25, -0.2) is 0 Å². The number of methoxy groups -OCH3 is 1. The third kappa shape index (κ3) is 2.52. The number of Topliss-reactive ketones (excluding diaryl/α,β-unsaturated/α-hetero) is 1. The molecule has 6 atom stereocenters. The van der Waals surface area contributed by atoms with Crippen LogP contribution in [0.2, 0.25) is 19.6 Å². The highest BCUT2D eigenvalue weighted by Crippen LogP contribution is 2.63. The molecule has 3 aliphatic rings. The lowest BCUT2D eigenvalue weighted by Crippen LogP contribution is -2.53. The first kappa shape index (κ1) is 19.0. The summed E-state index contributed by atoms with van der Waals surface area (Å²) in [5, 5.41) is 0. The van der Waals surface area contributed by atoms with Crippen LogP contribution in [0.1, 0.15) is 33.6 Å². The summed E-state index contributed by atoms with van der Waals surface area (Å²) in [4.78, 5) is 13.6. The molecule has 3 rings (SSSR count). The first-order valence-corrected chi connectivity index (χ1v) is 13.7. The molecule has 0 amide bonds. The van der Waals surface area contributed by atoms with Crippen molar-refractivity contribution in [3.63, 3.8) is 0 Å². The molecule has 0 unspecified atom stereocenters. The Morgan fingerprint density at radius 1 is 1.38 bits per heavy atom. The fourth-order valence-electron chi connectivity index (χ4n) is 5.48. The first-order valence-electron chi connectivity index (χ1n) is 9.17. The van der Waals surface area contributed by atoms with E-state index >= 15 is 0 Å². The van der Waals surface area contributed by atoms with Crippen molar-refractivity contribution in [2.24, 2.45) is 29.1 Å². The standard InChI is InChI=1S/C19H31IO3Si/c1-10(2)13-14-11-8-9-12(17(20)24(5,6)7)19(11,3)16(21)15(13)23-18(14)22-4/h10-11,13-15,18H,8-9H2,1-7H3/b17-12-/t11-,13-,14+,15+,18+,19+/m0/s1. The molecule has 0 N–H and O–H groups in total. The maximum absolute atomic E-state index is 13.6. The summed E-state index contributed by atoms with van der Waals surface area (Å²) in [5.41, 5.74) is 1.08. The van der Waals surface area contributed by atoms with Crippen LogP contribution in [-0.4, -0.2) is 33.4 Å². The van der Waals surface area contributed by atoms with Gasteiger partial charge in [0.1, 0.15) is 6.10 Å². The predicted molar refractivity (Wildman–Crippen MR) is 108 cm³/mol. The molecule has 0 aromatic heterocycles. The second-order valence-electron chi connectivity index (χ2n) is 9.31. The van der Waals surface area contributed by atoms with Crippen molar-refractivity contribution >= 4 is 36.4 Å². The molecule has 1 aliphatic heterocycles. The Morgan fingerprint density at radius 3 is 2.50 bits per heavy atom. The minimum absolute atomic E-state index is 0.220. The maximum atomic E-state index is 13.6. The van der Waals surface area contributed by atoms with Crippen molar-refractivity contribution in [1.82, 2.24) is 0 Å². The number of ether oxygens (including phenoxy) is 2. The number of carbonyl (C=O) groups is 1. The van der Waals surface area contributed by atoms with Gasteiger partial charge in [-0.2, -0.15) is 0 Å². The van der Waals surface area contributed by atoms with Crippen LogP contribution in [0.4, 0.5) is 0 Å². The molecule has 0 aromatic rings. The number of halogens is 1. The van der Waals surface area contributed by atoms with E-state index < -0.39 is 8.07 Å². The van der Waals surface area contributed by atoms with E-state index in [4.69, 9.17) is 9.47 Å². The highest BCUT2D eigenvalue weighted by Gasteiger charge is 2.67. The average Bonchev–Trinajstić information content (AvgIpc) is 3.00. The molecule has 2 bridgehead atoms. The molecule has 2 aliphatic carbocycles. The Kier molecular flexibility index (Phi) is 4.90. The smallest absolute Gasteiger partial charge is 0.172 e. The van der Waals surface area contributed by atoms with Gasteiger partial charge in [-0.3, -0.25) is 4.79 Å². The fraction of sp³-hybridized carbons (Fsp3) is 0.842. The summed E-state index contributed by atoms with van der Waals surface area (Å²) in [6, 6.07) is 0. The highest BCUT2D eigenvalue weighted by molar-refractivity contribution is 14.1. The monoisotopic (exact) mass is 462 g/mol.